The summed E-state index contributed by atoms with van der Waals surface area (Å²) >= 11 is 1.71. The van der Waals surface area contributed by atoms with Crippen molar-refractivity contribution >= 4 is 17.3 Å². The molecule has 0 aliphatic carbocycles. The van der Waals surface area contributed by atoms with Gasteiger partial charge in [-0.25, -0.2) is 9.98 Å². The van der Waals surface area contributed by atoms with Crippen LogP contribution in [0, 0.1) is 13.8 Å². The Morgan fingerprint density at radius 3 is 2.77 bits per heavy atom. The Hall–Kier alpha value is -1.95. The molecule has 0 unspecified atom stereocenters. The quantitative estimate of drug-likeness (QED) is 0.634. The van der Waals surface area contributed by atoms with E-state index < -0.39 is 0 Å². The number of nitrogens with zero attached hydrogens (tertiary/aromatic N) is 3. The van der Waals surface area contributed by atoms with E-state index in [-0.39, 0.29) is 0 Å². The second-order valence-corrected chi connectivity index (χ2v) is 6.23. The molecule has 0 fully saturated rings. The number of thiazole rings is 1. The minimum Gasteiger partial charge on any atom is -0.357 e. The molecule has 2 N–H and O–H groups in total. The van der Waals surface area contributed by atoms with Crippen molar-refractivity contribution in [2.75, 3.05) is 13.1 Å². The minimum absolute atomic E-state index is 0.609. The van der Waals surface area contributed by atoms with Crippen LogP contribution in [0.5, 0.6) is 0 Å². The second-order valence-electron chi connectivity index (χ2n) is 4.94. The van der Waals surface area contributed by atoms with Crippen LogP contribution in [0.3, 0.4) is 0 Å². The molecule has 2 rings (SSSR count). The van der Waals surface area contributed by atoms with E-state index in [0.29, 0.717) is 6.54 Å². The summed E-state index contributed by atoms with van der Waals surface area (Å²) in [4.78, 5) is 14.7. The molecule has 0 saturated carbocycles. The van der Waals surface area contributed by atoms with E-state index in [9.17, 15) is 0 Å². The van der Waals surface area contributed by atoms with E-state index in [2.05, 4.69) is 39.4 Å². The summed E-state index contributed by atoms with van der Waals surface area (Å²) < 4.78 is 0. The first-order valence-electron chi connectivity index (χ1n) is 7.54. The minimum atomic E-state index is 0.609. The number of nitrogens with one attached hydrogen (secondary N) is 2. The van der Waals surface area contributed by atoms with E-state index >= 15 is 0 Å². The van der Waals surface area contributed by atoms with Crippen LogP contribution in [-0.2, 0) is 13.0 Å². The van der Waals surface area contributed by atoms with Gasteiger partial charge in [0, 0.05) is 36.3 Å². The Kier molecular flexibility index (Phi) is 6.33. The third-order valence-electron chi connectivity index (χ3n) is 3.19. The SMILES string of the molecule is CCNC(=NCc1nc(C)c(C)s1)NCCc1ccccn1. The highest BCUT2D eigenvalue weighted by Gasteiger charge is 2.04. The maximum Gasteiger partial charge on any atom is 0.191 e. The molecular formula is C16H23N5S. The van der Waals surface area contributed by atoms with Crippen molar-refractivity contribution in [1.29, 1.82) is 0 Å². The molecule has 5 nitrogen and oxygen atoms in total. The predicted octanol–water partition coefficient (Wildman–Crippen LogP) is 2.45. The first-order chi connectivity index (χ1) is 10.7. The fourth-order valence-corrected chi connectivity index (χ4v) is 2.81. The highest BCUT2D eigenvalue weighted by atomic mass is 32.1. The Labute approximate surface area is 135 Å². The van der Waals surface area contributed by atoms with Gasteiger partial charge in [0.05, 0.1) is 12.2 Å². The molecule has 0 radical (unpaired) electrons. The molecule has 0 aliphatic rings. The summed E-state index contributed by atoms with van der Waals surface area (Å²) in [6, 6.07) is 5.97. The van der Waals surface area contributed by atoms with Gasteiger partial charge in [-0.2, -0.15) is 0 Å². The molecule has 0 spiro atoms. The molecule has 118 valence electrons. The molecule has 2 heterocycles. The van der Waals surface area contributed by atoms with Crippen LogP contribution in [0.15, 0.2) is 29.4 Å². The van der Waals surface area contributed by atoms with Gasteiger partial charge < -0.3 is 10.6 Å². The van der Waals surface area contributed by atoms with Crippen molar-refractivity contribution < 1.29 is 0 Å². The second kappa shape index (κ2) is 8.48. The Bertz CT molecular complexity index is 587. The number of aliphatic imine (C=N–C) groups is 1. The number of guanidine groups is 1. The van der Waals surface area contributed by atoms with Gasteiger partial charge in [0.25, 0.3) is 0 Å². The third kappa shape index (κ3) is 5.11. The van der Waals surface area contributed by atoms with Gasteiger partial charge in [0.1, 0.15) is 5.01 Å². The van der Waals surface area contributed by atoms with Gasteiger partial charge in [0.2, 0.25) is 0 Å². The molecule has 0 atom stereocenters. The maximum absolute atomic E-state index is 4.59. The number of rotatable bonds is 6. The van der Waals surface area contributed by atoms with Crippen LogP contribution in [0.1, 0.15) is 28.2 Å². The fourth-order valence-electron chi connectivity index (χ4n) is 1.95. The maximum atomic E-state index is 4.59. The third-order valence-corrected chi connectivity index (χ3v) is 4.25. The molecule has 0 bridgehead atoms. The summed E-state index contributed by atoms with van der Waals surface area (Å²) in [6.07, 6.45) is 2.70. The highest BCUT2D eigenvalue weighted by molar-refractivity contribution is 7.11. The van der Waals surface area contributed by atoms with Crippen molar-refractivity contribution in [2.24, 2.45) is 4.99 Å². The highest BCUT2D eigenvalue weighted by Crippen LogP contribution is 2.16. The number of pyridine rings is 1. The van der Waals surface area contributed by atoms with Crippen LogP contribution in [0.2, 0.25) is 0 Å². The summed E-state index contributed by atoms with van der Waals surface area (Å²) in [5.74, 6) is 0.823. The van der Waals surface area contributed by atoms with Gasteiger partial charge in [-0.15, -0.1) is 11.3 Å². The average molecular weight is 317 g/mol. The van der Waals surface area contributed by atoms with Gasteiger partial charge in [-0.1, -0.05) is 6.07 Å². The van der Waals surface area contributed by atoms with E-state index in [1.807, 2.05) is 31.3 Å². The monoisotopic (exact) mass is 317 g/mol. The average Bonchev–Trinajstić information content (AvgIpc) is 2.84. The number of hydrogen-bond donors (Lipinski definition) is 2. The van der Waals surface area contributed by atoms with E-state index in [1.165, 1.54) is 4.88 Å². The number of hydrogen-bond acceptors (Lipinski definition) is 4. The molecule has 2 aromatic heterocycles. The molecule has 22 heavy (non-hydrogen) atoms. The predicted molar refractivity (Wildman–Crippen MR) is 92.3 cm³/mol. The smallest absolute Gasteiger partial charge is 0.191 e. The zero-order valence-corrected chi connectivity index (χ0v) is 14.2. The lowest BCUT2D eigenvalue weighted by atomic mass is 10.3. The van der Waals surface area contributed by atoms with Crippen molar-refractivity contribution in [1.82, 2.24) is 20.6 Å². The zero-order chi connectivity index (χ0) is 15.8. The van der Waals surface area contributed by atoms with Gasteiger partial charge in [-0.3, -0.25) is 4.98 Å². The Morgan fingerprint density at radius 2 is 2.14 bits per heavy atom. The van der Waals surface area contributed by atoms with Crippen molar-refractivity contribution in [3.63, 3.8) is 0 Å². The van der Waals surface area contributed by atoms with Crippen LogP contribution in [0.25, 0.3) is 0 Å². The topological polar surface area (TPSA) is 62.2 Å². The number of aryl methyl sites for hydroxylation is 2. The van der Waals surface area contributed by atoms with Crippen LogP contribution in [-0.4, -0.2) is 29.0 Å². The van der Waals surface area contributed by atoms with E-state index in [1.54, 1.807) is 11.3 Å². The Morgan fingerprint density at radius 1 is 1.27 bits per heavy atom. The summed E-state index contributed by atoms with van der Waals surface area (Å²) in [7, 11) is 0. The summed E-state index contributed by atoms with van der Waals surface area (Å²) in [6.45, 7) is 8.45. The zero-order valence-electron chi connectivity index (χ0n) is 13.4. The van der Waals surface area contributed by atoms with Crippen molar-refractivity contribution in [3.05, 3.63) is 45.7 Å². The lowest BCUT2D eigenvalue weighted by Crippen LogP contribution is -2.38. The molecule has 0 saturated heterocycles. The first-order valence-corrected chi connectivity index (χ1v) is 8.35. The van der Waals surface area contributed by atoms with Gasteiger partial charge >= 0.3 is 0 Å². The van der Waals surface area contributed by atoms with Crippen LogP contribution < -0.4 is 10.6 Å². The van der Waals surface area contributed by atoms with Crippen LogP contribution in [0.4, 0.5) is 0 Å². The molecule has 6 heteroatoms. The largest absolute Gasteiger partial charge is 0.357 e. The standard InChI is InChI=1S/C16H23N5S/c1-4-17-16(19-10-8-14-7-5-6-9-18-14)20-11-15-21-12(2)13(3)22-15/h5-7,9H,4,8,10-11H2,1-3H3,(H2,17,19,20). The van der Waals surface area contributed by atoms with E-state index in [0.717, 1.165) is 41.9 Å². The molecule has 0 aromatic carbocycles. The van der Waals surface area contributed by atoms with Crippen molar-refractivity contribution in [3.8, 4) is 0 Å². The van der Waals surface area contributed by atoms with Gasteiger partial charge in [0.15, 0.2) is 5.96 Å². The number of aromatic nitrogens is 2. The lowest BCUT2D eigenvalue weighted by Gasteiger charge is -2.10. The first kappa shape index (κ1) is 16.4. The fraction of sp³-hybridized carbons (Fsp3) is 0.438. The molecule has 0 aliphatic heterocycles. The van der Waals surface area contributed by atoms with Crippen LogP contribution >= 0.6 is 11.3 Å². The van der Waals surface area contributed by atoms with Gasteiger partial charge in [-0.05, 0) is 32.9 Å². The molecular weight excluding hydrogens is 294 g/mol. The normalized spacial score (nSPS) is 11.5. The molecule has 2 aromatic rings. The van der Waals surface area contributed by atoms with E-state index in [4.69, 9.17) is 0 Å². The van der Waals surface area contributed by atoms with Crippen molar-refractivity contribution in [2.45, 2.75) is 33.7 Å². The lowest BCUT2D eigenvalue weighted by molar-refractivity contribution is 0.787. The Balaban J connectivity index is 1.87. The molecule has 0 amide bonds. The summed E-state index contributed by atoms with van der Waals surface area (Å²) in [5.41, 5.74) is 2.18. The summed E-state index contributed by atoms with van der Waals surface area (Å²) in [5, 5.41) is 7.65.